The zero-order valence-corrected chi connectivity index (χ0v) is 13.3. The number of anilines is 2. The highest BCUT2D eigenvalue weighted by atomic mass is 32.2. The van der Waals surface area contributed by atoms with E-state index in [0.29, 0.717) is 16.6 Å². The van der Waals surface area contributed by atoms with Crippen molar-refractivity contribution in [2.24, 2.45) is 0 Å². The van der Waals surface area contributed by atoms with Gasteiger partial charge in [-0.25, -0.2) is 0 Å². The zero-order chi connectivity index (χ0) is 14.0. The molecule has 0 aromatic carbocycles. The van der Waals surface area contributed by atoms with Gasteiger partial charge >= 0.3 is 0 Å². The minimum atomic E-state index is -0.0151. The van der Waals surface area contributed by atoms with Crippen LogP contribution < -0.4 is 16.0 Å². The number of nitrogens with zero attached hydrogens (tertiary/aromatic N) is 1. The number of thiophene rings is 1. The topological polar surface area (TPSA) is 58.4 Å². The molecule has 0 radical (unpaired) electrons. The second-order valence-corrected chi connectivity index (χ2v) is 6.42. The lowest BCUT2D eigenvalue weighted by molar-refractivity contribution is 0.0956. The monoisotopic (exact) mass is 299 g/mol. The molecule has 106 valence electrons. The smallest absolute Gasteiger partial charge is 0.263 e. The number of nitrogens with two attached hydrogens (primary N) is 1. The quantitative estimate of drug-likeness (QED) is 0.793. The maximum atomic E-state index is 12.2. The standard InChI is InChI=1S/C13H21N3OS2/c1-4-16(5-2)13-11(18-3)9(14)10(19-13)12(17)15-8-6-7-8/h8H,4-7,14H2,1-3H3,(H,15,17). The summed E-state index contributed by atoms with van der Waals surface area (Å²) < 4.78 is 0. The number of nitrogens with one attached hydrogen (secondary N) is 1. The molecule has 2 rings (SSSR count). The van der Waals surface area contributed by atoms with Gasteiger partial charge in [-0.2, -0.15) is 0 Å². The van der Waals surface area contributed by atoms with Gasteiger partial charge in [-0.3, -0.25) is 4.79 Å². The van der Waals surface area contributed by atoms with Gasteiger partial charge in [-0.1, -0.05) is 0 Å². The Morgan fingerprint density at radius 1 is 1.47 bits per heavy atom. The molecule has 0 atom stereocenters. The van der Waals surface area contributed by atoms with Crippen molar-refractivity contribution in [2.45, 2.75) is 37.6 Å². The first-order valence-corrected chi connectivity index (χ1v) is 8.68. The molecule has 1 aromatic heterocycles. The lowest BCUT2D eigenvalue weighted by Gasteiger charge is -2.20. The van der Waals surface area contributed by atoms with Crippen molar-refractivity contribution >= 4 is 39.7 Å². The molecular weight excluding hydrogens is 278 g/mol. The van der Waals surface area contributed by atoms with Gasteiger partial charge in [-0.15, -0.1) is 23.1 Å². The lowest BCUT2D eigenvalue weighted by atomic mass is 10.3. The minimum Gasteiger partial charge on any atom is -0.396 e. The van der Waals surface area contributed by atoms with Crippen LogP contribution in [0.2, 0.25) is 0 Å². The van der Waals surface area contributed by atoms with Crippen LogP contribution in [0.4, 0.5) is 10.7 Å². The molecule has 1 aromatic rings. The van der Waals surface area contributed by atoms with E-state index in [4.69, 9.17) is 5.73 Å². The third-order valence-electron chi connectivity index (χ3n) is 3.26. The highest BCUT2D eigenvalue weighted by Gasteiger charge is 2.28. The molecule has 19 heavy (non-hydrogen) atoms. The van der Waals surface area contributed by atoms with Crippen LogP contribution in [0.15, 0.2) is 4.90 Å². The molecule has 3 N–H and O–H groups in total. The fourth-order valence-corrected chi connectivity index (χ4v) is 4.19. The SMILES string of the molecule is CCN(CC)c1sc(C(=O)NC2CC2)c(N)c1SC. The molecule has 0 bridgehead atoms. The van der Waals surface area contributed by atoms with Crippen molar-refractivity contribution in [1.29, 1.82) is 0 Å². The van der Waals surface area contributed by atoms with E-state index >= 15 is 0 Å². The Hall–Kier alpha value is -0.880. The molecule has 1 aliphatic carbocycles. The number of carbonyl (C=O) groups excluding carboxylic acids is 1. The number of amides is 1. The lowest BCUT2D eigenvalue weighted by Crippen LogP contribution is -2.25. The van der Waals surface area contributed by atoms with Crippen molar-refractivity contribution < 1.29 is 4.79 Å². The predicted octanol–water partition coefficient (Wildman–Crippen LogP) is 2.79. The summed E-state index contributed by atoms with van der Waals surface area (Å²) in [5.74, 6) is -0.0151. The van der Waals surface area contributed by atoms with Gasteiger partial charge < -0.3 is 16.0 Å². The number of thioether (sulfide) groups is 1. The Kier molecular flexibility index (Phi) is 4.62. The van der Waals surface area contributed by atoms with Crippen molar-refractivity contribution in [1.82, 2.24) is 5.32 Å². The third-order valence-corrected chi connectivity index (χ3v) is 5.47. The third kappa shape index (κ3) is 3.00. The van der Waals surface area contributed by atoms with E-state index in [2.05, 4.69) is 24.1 Å². The zero-order valence-electron chi connectivity index (χ0n) is 11.7. The van der Waals surface area contributed by atoms with E-state index in [-0.39, 0.29) is 5.91 Å². The first kappa shape index (κ1) is 14.5. The average molecular weight is 299 g/mol. The normalized spacial score (nSPS) is 14.5. The summed E-state index contributed by atoms with van der Waals surface area (Å²) >= 11 is 3.13. The van der Waals surface area contributed by atoms with Crippen LogP contribution in [-0.4, -0.2) is 31.3 Å². The van der Waals surface area contributed by atoms with E-state index in [1.807, 2.05) is 6.26 Å². The minimum absolute atomic E-state index is 0.0151. The van der Waals surface area contributed by atoms with Gasteiger partial charge in [0.05, 0.1) is 10.6 Å². The fourth-order valence-electron chi connectivity index (χ4n) is 1.98. The molecule has 1 heterocycles. The van der Waals surface area contributed by atoms with E-state index in [9.17, 15) is 4.79 Å². The van der Waals surface area contributed by atoms with Crippen molar-refractivity contribution in [2.75, 3.05) is 30.0 Å². The van der Waals surface area contributed by atoms with Crippen LogP contribution in [0.1, 0.15) is 36.4 Å². The van der Waals surface area contributed by atoms with Gasteiger partial charge in [0.25, 0.3) is 5.91 Å². The Labute approximate surface area is 122 Å². The van der Waals surface area contributed by atoms with Gasteiger partial charge in [-0.05, 0) is 32.9 Å². The molecule has 0 unspecified atom stereocenters. The molecule has 1 fully saturated rings. The molecule has 6 heteroatoms. The Balaban J connectivity index is 2.31. The van der Waals surface area contributed by atoms with E-state index < -0.39 is 0 Å². The number of carbonyl (C=O) groups is 1. The maximum Gasteiger partial charge on any atom is 0.263 e. The van der Waals surface area contributed by atoms with Crippen LogP contribution in [-0.2, 0) is 0 Å². The van der Waals surface area contributed by atoms with Crippen LogP contribution in [0.5, 0.6) is 0 Å². The molecule has 0 spiro atoms. The second-order valence-electron chi connectivity index (χ2n) is 4.60. The molecule has 1 aliphatic rings. The van der Waals surface area contributed by atoms with Crippen LogP contribution in [0.25, 0.3) is 0 Å². The summed E-state index contributed by atoms with van der Waals surface area (Å²) in [4.78, 5) is 16.1. The maximum absolute atomic E-state index is 12.2. The summed E-state index contributed by atoms with van der Waals surface area (Å²) in [5, 5.41) is 4.14. The summed E-state index contributed by atoms with van der Waals surface area (Å²) in [7, 11) is 0. The molecule has 1 saturated carbocycles. The predicted molar refractivity (Wildman–Crippen MR) is 84.6 cm³/mol. The van der Waals surface area contributed by atoms with Crippen molar-refractivity contribution in [3.8, 4) is 0 Å². The summed E-state index contributed by atoms with van der Waals surface area (Å²) in [5.41, 5.74) is 6.80. The molecule has 0 saturated heterocycles. The average Bonchev–Trinajstić information content (AvgIpc) is 3.14. The molecular formula is C13H21N3OS2. The number of rotatable bonds is 6. The largest absolute Gasteiger partial charge is 0.396 e. The number of nitrogen functional groups attached to an aromatic ring is 1. The number of hydrogen-bond donors (Lipinski definition) is 2. The van der Waals surface area contributed by atoms with Gasteiger partial charge in [0.1, 0.15) is 9.88 Å². The van der Waals surface area contributed by atoms with Crippen LogP contribution in [0.3, 0.4) is 0 Å². The van der Waals surface area contributed by atoms with E-state index in [0.717, 1.165) is 35.8 Å². The van der Waals surface area contributed by atoms with Crippen LogP contribution in [0, 0.1) is 0 Å². The van der Waals surface area contributed by atoms with E-state index in [1.165, 1.54) is 11.3 Å². The highest BCUT2D eigenvalue weighted by Crippen LogP contribution is 2.43. The van der Waals surface area contributed by atoms with E-state index in [1.54, 1.807) is 11.8 Å². The Bertz CT molecular complexity index is 465. The molecule has 0 aliphatic heterocycles. The molecule has 1 amide bonds. The summed E-state index contributed by atoms with van der Waals surface area (Å²) in [6.07, 6.45) is 4.19. The first-order valence-electron chi connectivity index (χ1n) is 6.64. The van der Waals surface area contributed by atoms with Crippen molar-refractivity contribution in [3.05, 3.63) is 4.88 Å². The van der Waals surface area contributed by atoms with Crippen LogP contribution >= 0.6 is 23.1 Å². The van der Waals surface area contributed by atoms with Gasteiger partial charge in [0.15, 0.2) is 0 Å². The summed E-state index contributed by atoms with van der Waals surface area (Å²) in [6.45, 7) is 6.09. The number of hydrogen-bond acceptors (Lipinski definition) is 5. The summed E-state index contributed by atoms with van der Waals surface area (Å²) in [6, 6.07) is 0.364. The Morgan fingerprint density at radius 3 is 2.58 bits per heavy atom. The highest BCUT2D eigenvalue weighted by molar-refractivity contribution is 7.99. The second kappa shape index (κ2) is 6.05. The Morgan fingerprint density at radius 2 is 2.11 bits per heavy atom. The first-order chi connectivity index (χ1) is 9.12. The fraction of sp³-hybridized carbons (Fsp3) is 0.615. The van der Waals surface area contributed by atoms with Crippen molar-refractivity contribution in [3.63, 3.8) is 0 Å². The van der Waals surface area contributed by atoms with Gasteiger partial charge in [0, 0.05) is 19.1 Å². The van der Waals surface area contributed by atoms with Gasteiger partial charge in [0.2, 0.25) is 0 Å². The molecule has 4 nitrogen and oxygen atoms in total.